The van der Waals surface area contributed by atoms with Crippen molar-refractivity contribution < 1.29 is 9.90 Å². The van der Waals surface area contributed by atoms with Crippen LogP contribution in [0.25, 0.3) is 0 Å². The van der Waals surface area contributed by atoms with Gasteiger partial charge < -0.3 is 5.11 Å². The molecule has 2 atom stereocenters. The molecular weight excluding hydrogens is 116 g/mol. The monoisotopic (exact) mass is 128 g/mol. The maximum Gasteiger partial charge on any atom is 0.306 e. The van der Waals surface area contributed by atoms with Crippen LogP contribution in [0.5, 0.6) is 0 Å². The van der Waals surface area contributed by atoms with Crippen molar-refractivity contribution in [2.24, 2.45) is 11.8 Å². The number of hydrogen-bond acceptors (Lipinski definition) is 1. The normalized spacial score (nSPS) is 34.8. The van der Waals surface area contributed by atoms with Crippen molar-refractivity contribution in [2.45, 2.75) is 26.2 Å². The zero-order chi connectivity index (χ0) is 6.85. The molecular formula is C7H12O2. The fraction of sp³-hybridized carbons (Fsp3) is 0.857. The summed E-state index contributed by atoms with van der Waals surface area (Å²) >= 11 is 0. The van der Waals surface area contributed by atoms with Gasteiger partial charge in [0.05, 0.1) is 5.92 Å². The van der Waals surface area contributed by atoms with Crippen LogP contribution in [0.2, 0.25) is 0 Å². The molecule has 0 spiro atoms. The summed E-state index contributed by atoms with van der Waals surface area (Å²) in [5, 5.41) is 8.58. The molecule has 2 heteroatoms. The quantitative estimate of drug-likeness (QED) is 0.581. The Morgan fingerprint density at radius 2 is 2.22 bits per heavy atom. The Balaban J connectivity index is 2.49. The van der Waals surface area contributed by atoms with Gasteiger partial charge >= 0.3 is 5.97 Å². The van der Waals surface area contributed by atoms with Gasteiger partial charge in [-0.3, -0.25) is 4.79 Å². The van der Waals surface area contributed by atoms with Gasteiger partial charge in [-0.25, -0.2) is 0 Å². The molecule has 0 bridgehead atoms. The van der Waals surface area contributed by atoms with Gasteiger partial charge in [-0.05, 0) is 18.8 Å². The molecule has 0 aromatic heterocycles. The molecule has 0 saturated heterocycles. The second-order valence-electron chi connectivity index (χ2n) is 2.85. The van der Waals surface area contributed by atoms with Crippen molar-refractivity contribution in [2.75, 3.05) is 0 Å². The molecule has 1 aliphatic rings. The summed E-state index contributed by atoms with van der Waals surface area (Å²) in [5.74, 6) is -0.257. The van der Waals surface area contributed by atoms with E-state index >= 15 is 0 Å². The predicted molar refractivity (Wildman–Crippen MR) is 34.1 cm³/mol. The summed E-state index contributed by atoms with van der Waals surface area (Å²) < 4.78 is 0. The first kappa shape index (κ1) is 6.59. The van der Waals surface area contributed by atoms with Crippen LogP contribution in [-0.2, 0) is 4.79 Å². The second-order valence-corrected chi connectivity index (χ2v) is 2.85. The molecule has 0 heterocycles. The van der Waals surface area contributed by atoms with Gasteiger partial charge in [0, 0.05) is 0 Å². The van der Waals surface area contributed by atoms with Crippen molar-refractivity contribution in [3.8, 4) is 0 Å². The highest BCUT2D eigenvalue weighted by atomic mass is 16.4. The molecule has 0 aliphatic heterocycles. The van der Waals surface area contributed by atoms with Gasteiger partial charge in [-0.2, -0.15) is 0 Å². The van der Waals surface area contributed by atoms with E-state index in [2.05, 4.69) is 0 Å². The smallest absolute Gasteiger partial charge is 0.306 e. The number of carboxylic acid groups (broad SMARTS) is 1. The van der Waals surface area contributed by atoms with E-state index in [0.29, 0.717) is 5.92 Å². The van der Waals surface area contributed by atoms with Crippen molar-refractivity contribution in [1.82, 2.24) is 0 Å². The molecule has 1 saturated carbocycles. The summed E-state index contributed by atoms with van der Waals surface area (Å²) in [4.78, 5) is 10.4. The van der Waals surface area contributed by atoms with E-state index < -0.39 is 5.97 Å². The van der Waals surface area contributed by atoms with Crippen LogP contribution in [0.3, 0.4) is 0 Å². The van der Waals surface area contributed by atoms with E-state index in [9.17, 15) is 4.79 Å². The van der Waals surface area contributed by atoms with Gasteiger partial charge in [0.2, 0.25) is 0 Å². The van der Waals surface area contributed by atoms with Gasteiger partial charge in [-0.15, -0.1) is 0 Å². The minimum absolute atomic E-state index is 0.0509. The number of rotatable bonds is 1. The molecule has 9 heavy (non-hydrogen) atoms. The predicted octanol–water partition coefficient (Wildman–Crippen LogP) is 1.51. The Kier molecular flexibility index (Phi) is 1.74. The largest absolute Gasteiger partial charge is 0.481 e. The zero-order valence-corrected chi connectivity index (χ0v) is 5.63. The molecule has 1 rings (SSSR count). The number of aliphatic carboxylic acids is 1. The third-order valence-electron chi connectivity index (χ3n) is 2.18. The minimum Gasteiger partial charge on any atom is -0.481 e. The molecule has 0 radical (unpaired) electrons. The molecule has 0 aromatic rings. The van der Waals surface area contributed by atoms with Crippen molar-refractivity contribution in [1.29, 1.82) is 0 Å². The average molecular weight is 128 g/mol. The summed E-state index contributed by atoms with van der Waals surface area (Å²) in [6.45, 7) is 2.02. The van der Waals surface area contributed by atoms with Crippen LogP contribution in [-0.4, -0.2) is 11.1 Å². The first-order valence-corrected chi connectivity index (χ1v) is 3.44. The zero-order valence-electron chi connectivity index (χ0n) is 5.63. The van der Waals surface area contributed by atoms with E-state index in [1.165, 1.54) is 0 Å². The van der Waals surface area contributed by atoms with Crippen LogP contribution < -0.4 is 0 Å². The Labute approximate surface area is 54.9 Å². The lowest BCUT2D eigenvalue weighted by Crippen LogP contribution is -2.15. The first-order valence-electron chi connectivity index (χ1n) is 3.44. The van der Waals surface area contributed by atoms with E-state index in [0.717, 1.165) is 19.3 Å². The highest BCUT2D eigenvalue weighted by Crippen LogP contribution is 2.30. The third kappa shape index (κ3) is 1.23. The lowest BCUT2D eigenvalue weighted by atomic mass is 9.99. The SMILES string of the molecule is C[C@@H]1CCC[C@H]1C(=O)O. The van der Waals surface area contributed by atoms with Crippen LogP contribution >= 0.6 is 0 Å². The van der Waals surface area contributed by atoms with E-state index in [-0.39, 0.29) is 5.92 Å². The molecule has 1 aliphatic carbocycles. The Bertz CT molecular complexity index is 120. The maximum atomic E-state index is 10.4. The molecule has 1 fully saturated rings. The van der Waals surface area contributed by atoms with E-state index in [1.807, 2.05) is 6.92 Å². The van der Waals surface area contributed by atoms with Crippen LogP contribution in [0.15, 0.2) is 0 Å². The number of carbonyl (C=O) groups is 1. The average Bonchev–Trinajstić information content (AvgIpc) is 2.13. The van der Waals surface area contributed by atoms with Crippen molar-refractivity contribution >= 4 is 5.97 Å². The molecule has 0 amide bonds. The second kappa shape index (κ2) is 2.38. The van der Waals surface area contributed by atoms with Crippen molar-refractivity contribution in [3.63, 3.8) is 0 Å². The highest BCUT2D eigenvalue weighted by Gasteiger charge is 2.28. The van der Waals surface area contributed by atoms with E-state index in [4.69, 9.17) is 5.11 Å². The molecule has 0 unspecified atom stereocenters. The fourth-order valence-corrected chi connectivity index (χ4v) is 1.51. The molecule has 2 nitrogen and oxygen atoms in total. The lowest BCUT2D eigenvalue weighted by molar-refractivity contribution is -0.142. The van der Waals surface area contributed by atoms with Crippen LogP contribution in [0.1, 0.15) is 26.2 Å². The van der Waals surface area contributed by atoms with Gasteiger partial charge in [0.25, 0.3) is 0 Å². The van der Waals surface area contributed by atoms with Gasteiger partial charge in [-0.1, -0.05) is 13.3 Å². The first-order chi connectivity index (χ1) is 4.22. The van der Waals surface area contributed by atoms with Gasteiger partial charge in [0.15, 0.2) is 0 Å². The minimum atomic E-state index is -0.611. The summed E-state index contributed by atoms with van der Waals surface area (Å²) in [7, 11) is 0. The Morgan fingerprint density at radius 1 is 1.56 bits per heavy atom. The van der Waals surface area contributed by atoms with Gasteiger partial charge in [0.1, 0.15) is 0 Å². The molecule has 52 valence electrons. The highest BCUT2D eigenvalue weighted by molar-refractivity contribution is 5.70. The maximum absolute atomic E-state index is 10.4. The summed E-state index contributed by atoms with van der Waals surface area (Å²) in [5.41, 5.74) is 0. The number of hydrogen-bond donors (Lipinski definition) is 1. The van der Waals surface area contributed by atoms with Crippen LogP contribution in [0, 0.1) is 11.8 Å². The summed E-state index contributed by atoms with van der Waals surface area (Å²) in [6, 6.07) is 0. The van der Waals surface area contributed by atoms with Crippen molar-refractivity contribution in [3.05, 3.63) is 0 Å². The Hall–Kier alpha value is -0.530. The number of carboxylic acids is 1. The van der Waals surface area contributed by atoms with Crippen LogP contribution in [0.4, 0.5) is 0 Å². The lowest BCUT2D eigenvalue weighted by Gasteiger charge is -2.07. The Morgan fingerprint density at radius 3 is 2.44 bits per heavy atom. The standard InChI is InChI=1S/C7H12O2/c1-5-3-2-4-6(5)7(8)9/h5-6H,2-4H2,1H3,(H,8,9)/t5-,6-/m1/s1. The van der Waals surface area contributed by atoms with E-state index in [1.54, 1.807) is 0 Å². The molecule has 1 N–H and O–H groups in total. The molecule has 0 aromatic carbocycles. The topological polar surface area (TPSA) is 37.3 Å². The fourth-order valence-electron chi connectivity index (χ4n) is 1.51. The summed E-state index contributed by atoms with van der Waals surface area (Å²) in [6.07, 6.45) is 3.08. The third-order valence-corrected chi connectivity index (χ3v) is 2.18.